The van der Waals surface area contributed by atoms with Gasteiger partial charge in [-0.05, 0) is 69.2 Å². The van der Waals surface area contributed by atoms with Gasteiger partial charge in [0.15, 0.2) is 0 Å². The maximum absolute atomic E-state index is 13.1. The first-order valence-corrected chi connectivity index (χ1v) is 13.5. The fourth-order valence-corrected chi connectivity index (χ4v) is 6.16. The van der Waals surface area contributed by atoms with Crippen molar-refractivity contribution in [3.8, 4) is 5.75 Å². The Morgan fingerprint density at radius 1 is 1.14 bits per heavy atom. The molecule has 196 valence electrons. The number of imide groups is 1. The summed E-state index contributed by atoms with van der Waals surface area (Å²) in [5.41, 5.74) is 1.46. The van der Waals surface area contributed by atoms with Crippen LogP contribution in [0.4, 0.5) is 14.4 Å². The summed E-state index contributed by atoms with van der Waals surface area (Å²) in [5.74, 6) is 0.428. The molecule has 0 bridgehead atoms. The van der Waals surface area contributed by atoms with E-state index in [-0.39, 0.29) is 48.7 Å². The Balaban J connectivity index is 1.16. The molecule has 4 saturated heterocycles. The quantitative estimate of drug-likeness (QED) is 0.575. The summed E-state index contributed by atoms with van der Waals surface area (Å²) in [5, 5.41) is 2.30. The smallest absolute Gasteiger partial charge is 0.328 e. The van der Waals surface area contributed by atoms with E-state index in [1.807, 2.05) is 17.0 Å². The van der Waals surface area contributed by atoms with Crippen molar-refractivity contribution in [1.29, 1.82) is 0 Å². The van der Waals surface area contributed by atoms with Crippen LogP contribution >= 0.6 is 12.4 Å². The van der Waals surface area contributed by atoms with E-state index in [1.54, 1.807) is 6.07 Å². The van der Waals surface area contributed by atoms with Crippen molar-refractivity contribution in [2.24, 2.45) is 0 Å². The zero-order valence-corrected chi connectivity index (χ0v) is 21.2. The predicted molar refractivity (Wildman–Crippen MR) is 133 cm³/mol. The summed E-state index contributed by atoms with van der Waals surface area (Å²) in [4.78, 5) is 42.2. The van der Waals surface area contributed by atoms with E-state index in [9.17, 15) is 18.3 Å². The molecule has 1 aromatic carbocycles. The number of carbonyl (C=O) groups excluding carboxylic acids is 3. The third-order valence-electron chi connectivity index (χ3n) is 8.08. The van der Waals surface area contributed by atoms with E-state index in [1.165, 1.54) is 4.90 Å². The average Bonchev–Trinajstić information content (AvgIpc) is 3.33. The van der Waals surface area contributed by atoms with Gasteiger partial charge in [-0.1, -0.05) is 6.07 Å². The van der Waals surface area contributed by atoms with E-state index in [0.717, 1.165) is 76.9 Å². The molecular formula is C25H33FN4O5S. The number of carbonyl (C=O) groups is 3. The maximum atomic E-state index is 13.1. The van der Waals surface area contributed by atoms with Crippen LogP contribution in [0.1, 0.15) is 56.4 Å². The second-order valence-electron chi connectivity index (χ2n) is 10.2. The van der Waals surface area contributed by atoms with Crippen molar-refractivity contribution in [2.45, 2.75) is 56.5 Å². The number of hydrogen-bond acceptors (Lipinski definition) is 7. The standard InChI is InChI=1S/C25H33FN4O5S/c26-36-35-21-16-19(30-12-6-22(31)27-24(30)33)2-3-20(21)18-4-10-28(11-5-18)17-23(32)29-13-8-25(9-14-29)7-1-15-34-25/h2-3,16,18H,1,4-15,17H2,(H,27,31,33). The van der Waals surface area contributed by atoms with E-state index < -0.39 is 6.03 Å². The first kappa shape index (κ1) is 25.3. The summed E-state index contributed by atoms with van der Waals surface area (Å²) >= 11 is -0.222. The molecule has 11 heteroatoms. The third kappa shape index (κ3) is 5.47. The van der Waals surface area contributed by atoms with Crippen LogP contribution in [-0.4, -0.2) is 79.1 Å². The van der Waals surface area contributed by atoms with Gasteiger partial charge in [-0.15, -0.1) is 3.89 Å². The summed E-state index contributed by atoms with van der Waals surface area (Å²) in [7, 11) is 0. The van der Waals surface area contributed by atoms with Crippen molar-refractivity contribution < 1.29 is 27.2 Å². The molecule has 0 atom stereocenters. The van der Waals surface area contributed by atoms with Crippen LogP contribution in [0.15, 0.2) is 18.2 Å². The Hall–Kier alpha value is -2.37. The number of halogens is 1. The Morgan fingerprint density at radius 2 is 1.92 bits per heavy atom. The Kier molecular flexibility index (Phi) is 7.68. The van der Waals surface area contributed by atoms with Crippen molar-refractivity contribution in [3.05, 3.63) is 23.8 Å². The largest absolute Gasteiger partial charge is 0.397 e. The van der Waals surface area contributed by atoms with Crippen LogP contribution in [0, 0.1) is 0 Å². The molecule has 0 aromatic heterocycles. The maximum Gasteiger partial charge on any atom is 0.328 e. The number of rotatable bonds is 6. The minimum absolute atomic E-state index is 0.0115. The van der Waals surface area contributed by atoms with Gasteiger partial charge in [-0.3, -0.25) is 24.7 Å². The van der Waals surface area contributed by atoms with Gasteiger partial charge < -0.3 is 13.8 Å². The molecular weight excluding hydrogens is 487 g/mol. The average molecular weight is 521 g/mol. The van der Waals surface area contributed by atoms with E-state index in [4.69, 9.17) is 8.92 Å². The molecule has 0 unspecified atom stereocenters. The van der Waals surface area contributed by atoms with Crippen LogP contribution in [0.5, 0.6) is 5.75 Å². The van der Waals surface area contributed by atoms with Crippen molar-refractivity contribution in [3.63, 3.8) is 0 Å². The Labute approximate surface area is 215 Å². The van der Waals surface area contributed by atoms with Crippen LogP contribution < -0.4 is 14.4 Å². The van der Waals surface area contributed by atoms with Gasteiger partial charge in [-0.2, -0.15) is 0 Å². The van der Waals surface area contributed by atoms with Gasteiger partial charge in [0, 0.05) is 44.4 Å². The second kappa shape index (κ2) is 10.9. The number of ether oxygens (including phenoxy) is 1. The fourth-order valence-electron chi connectivity index (χ4n) is 5.95. The van der Waals surface area contributed by atoms with Gasteiger partial charge in [-0.25, -0.2) is 4.79 Å². The van der Waals surface area contributed by atoms with E-state index in [0.29, 0.717) is 18.0 Å². The third-order valence-corrected chi connectivity index (χ3v) is 8.33. The molecule has 4 aliphatic heterocycles. The lowest BCUT2D eigenvalue weighted by Gasteiger charge is -2.40. The van der Waals surface area contributed by atoms with Gasteiger partial charge in [0.25, 0.3) is 12.4 Å². The lowest BCUT2D eigenvalue weighted by atomic mass is 9.88. The van der Waals surface area contributed by atoms with Crippen molar-refractivity contribution in [2.75, 3.05) is 50.8 Å². The van der Waals surface area contributed by atoms with Gasteiger partial charge in [0.1, 0.15) is 5.75 Å². The molecule has 36 heavy (non-hydrogen) atoms. The summed E-state index contributed by atoms with van der Waals surface area (Å²) in [6.07, 6.45) is 5.97. The highest BCUT2D eigenvalue weighted by Crippen LogP contribution is 2.39. The lowest BCUT2D eigenvalue weighted by Crippen LogP contribution is -2.50. The highest BCUT2D eigenvalue weighted by Gasteiger charge is 2.39. The Morgan fingerprint density at radius 3 is 2.58 bits per heavy atom. The molecule has 5 rings (SSSR count). The molecule has 4 fully saturated rings. The number of likely N-dealkylation sites (tertiary alicyclic amines) is 2. The first-order chi connectivity index (χ1) is 17.5. The second-order valence-corrected chi connectivity index (χ2v) is 10.5. The number of hydrogen-bond donors (Lipinski definition) is 1. The SMILES string of the molecule is O=C1CCN(c2ccc(C3CCN(CC(=O)N4CCC5(CCCO5)CC4)CC3)c(OSF)c2)C(=O)N1. The number of nitrogens with zero attached hydrogens (tertiary/aromatic N) is 3. The molecule has 0 saturated carbocycles. The summed E-state index contributed by atoms with van der Waals surface area (Å²) in [6.45, 7) is 4.63. The zero-order valence-electron chi connectivity index (χ0n) is 20.4. The fraction of sp³-hybridized carbons (Fsp3) is 0.640. The zero-order chi connectivity index (χ0) is 25.1. The lowest BCUT2D eigenvalue weighted by molar-refractivity contribution is -0.137. The van der Waals surface area contributed by atoms with E-state index >= 15 is 0 Å². The van der Waals surface area contributed by atoms with Gasteiger partial charge in [0.05, 0.1) is 12.1 Å². The van der Waals surface area contributed by atoms with Crippen LogP contribution in [0.3, 0.4) is 0 Å². The molecule has 1 N–H and O–H groups in total. The normalized spacial score (nSPS) is 23.2. The molecule has 1 aromatic rings. The number of anilines is 1. The van der Waals surface area contributed by atoms with Crippen LogP contribution in [0.25, 0.3) is 0 Å². The molecule has 4 heterocycles. The highest BCUT2D eigenvalue weighted by molar-refractivity contribution is 7.89. The van der Waals surface area contributed by atoms with Gasteiger partial charge in [0.2, 0.25) is 11.8 Å². The first-order valence-electron chi connectivity index (χ1n) is 12.8. The van der Waals surface area contributed by atoms with Crippen LogP contribution in [0.2, 0.25) is 0 Å². The number of nitrogens with one attached hydrogen (secondary N) is 1. The number of amides is 4. The number of benzene rings is 1. The topological polar surface area (TPSA) is 91.4 Å². The number of piperidine rings is 2. The van der Waals surface area contributed by atoms with Crippen molar-refractivity contribution >= 4 is 36.0 Å². The highest BCUT2D eigenvalue weighted by atomic mass is 32.2. The summed E-state index contributed by atoms with van der Waals surface area (Å²) < 4.78 is 24.3. The minimum Gasteiger partial charge on any atom is -0.397 e. The monoisotopic (exact) mass is 520 g/mol. The number of urea groups is 1. The van der Waals surface area contributed by atoms with Crippen LogP contribution in [-0.2, 0) is 14.3 Å². The Bertz CT molecular complexity index is 987. The minimum atomic E-state index is -0.490. The van der Waals surface area contributed by atoms with Crippen molar-refractivity contribution in [1.82, 2.24) is 15.1 Å². The molecule has 4 aliphatic rings. The predicted octanol–water partition coefficient (Wildman–Crippen LogP) is 3.40. The summed E-state index contributed by atoms with van der Waals surface area (Å²) in [6, 6.07) is 4.86. The van der Waals surface area contributed by atoms with Gasteiger partial charge >= 0.3 is 6.03 Å². The molecule has 1 spiro atoms. The molecule has 4 amide bonds. The molecule has 0 radical (unpaired) electrons. The van der Waals surface area contributed by atoms with E-state index in [2.05, 4.69) is 10.2 Å². The molecule has 9 nitrogen and oxygen atoms in total. The molecule has 0 aliphatic carbocycles.